The molecule has 0 spiro atoms. The average Bonchev–Trinajstić information content (AvgIpc) is 2.75. The van der Waals surface area contributed by atoms with Crippen molar-refractivity contribution >= 4 is 22.5 Å². The van der Waals surface area contributed by atoms with Crippen LogP contribution in [0.2, 0.25) is 0 Å². The van der Waals surface area contributed by atoms with Crippen LogP contribution in [0, 0.1) is 17.7 Å². The molecule has 4 rings (SSSR count). The molecule has 1 aromatic heterocycles. The predicted molar refractivity (Wildman–Crippen MR) is 115 cm³/mol. The van der Waals surface area contributed by atoms with Gasteiger partial charge in [0.05, 0.1) is 11.4 Å². The molecule has 1 aliphatic rings. The number of anilines is 1. The first kappa shape index (κ1) is 19.3. The third-order valence-corrected chi connectivity index (χ3v) is 6.05. The Morgan fingerprint density at radius 1 is 1.10 bits per heavy atom. The Morgan fingerprint density at radius 2 is 1.86 bits per heavy atom. The normalized spacial score (nSPS) is 20.2. The molecule has 1 N–H and O–H groups in total. The van der Waals surface area contributed by atoms with Crippen LogP contribution in [-0.4, -0.2) is 10.9 Å². The Morgan fingerprint density at radius 3 is 2.59 bits per heavy atom. The van der Waals surface area contributed by atoms with Crippen molar-refractivity contribution in [3.8, 4) is 0 Å². The minimum absolute atomic E-state index is 0.00563. The number of aromatic nitrogens is 1. The van der Waals surface area contributed by atoms with E-state index < -0.39 is 0 Å². The quantitative estimate of drug-likeness (QED) is 0.538. The van der Waals surface area contributed by atoms with E-state index in [9.17, 15) is 9.18 Å². The fourth-order valence-electron chi connectivity index (χ4n) is 4.55. The number of halogens is 1. The lowest BCUT2D eigenvalue weighted by molar-refractivity contribution is -0.120. The van der Waals surface area contributed by atoms with Crippen molar-refractivity contribution in [3.05, 3.63) is 84.8 Å². The van der Waals surface area contributed by atoms with Gasteiger partial charge in [-0.2, -0.15) is 0 Å². The van der Waals surface area contributed by atoms with E-state index in [1.165, 1.54) is 6.07 Å². The van der Waals surface area contributed by atoms with Crippen LogP contribution in [-0.2, 0) is 4.79 Å². The van der Waals surface area contributed by atoms with Crippen LogP contribution in [0.15, 0.2) is 73.4 Å². The summed E-state index contributed by atoms with van der Waals surface area (Å²) in [7, 11) is 0. The first-order valence-electron chi connectivity index (χ1n) is 10.2. The second-order valence-electron chi connectivity index (χ2n) is 7.79. The number of fused-ring (bicyclic) bond motifs is 1. The molecule has 1 amide bonds. The minimum Gasteiger partial charge on any atom is -0.326 e. The largest absolute Gasteiger partial charge is 0.326 e. The van der Waals surface area contributed by atoms with Crippen LogP contribution < -0.4 is 5.32 Å². The Labute approximate surface area is 170 Å². The summed E-state index contributed by atoms with van der Waals surface area (Å²) in [6.07, 6.45) is 7.43. The van der Waals surface area contributed by atoms with Gasteiger partial charge < -0.3 is 5.32 Å². The first-order chi connectivity index (χ1) is 14.2. The molecular weight excluding hydrogens is 363 g/mol. The van der Waals surface area contributed by atoms with E-state index in [-0.39, 0.29) is 23.6 Å². The summed E-state index contributed by atoms with van der Waals surface area (Å²) in [5.41, 5.74) is 2.80. The van der Waals surface area contributed by atoms with E-state index >= 15 is 0 Å². The van der Waals surface area contributed by atoms with Crippen molar-refractivity contribution in [2.45, 2.75) is 31.6 Å². The second-order valence-corrected chi connectivity index (χ2v) is 7.79. The Hall–Kier alpha value is -3.01. The SMILES string of the molecule is C=CC(C(=O)Nc1ccccc1)C1CCC(c2ccnc3ccc(F)cc23)CC1. The van der Waals surface area contributed by atoms with Gasteiger partial charge >= 0.3 is 0 Å². The number of hydrogen-bond donors (Lipinski definition) is 1. The lowest BCUT2D eigenvalue weighted by Gasteiger charge is -2.32. The van der Waals surface area contributed by atoms with Crippen molar-refractivity contribution in [3.63, 3.8) is 0 Å². The van der Waals surface area contributed by atoms with E-state index in [0.717, 1.165) is 47.8 Å². The van der Waals surface area contributed by atoms with Gasteiger partial charge in [0.1, 0.15) is 5.82 Å². The molecule has 29 heavy (non-hydrogen) atoms. The topological polar surface area (TPSA) is 42.0 Å². The molecule has 1 fully saturated rings. The van der Waals surface area contributed by atoms with Crippen molar-refractivity contribution < 1.29 is 9.18 Å². The number of pyridine rings is 1. The highest BCUT2D eigenvalue weighted by Gasteiger charge is 2.31. The second kappa shape index (κ2) is 8.56. The van der Waals surface area contributed by atoms with E-state index in [2.05, 4.69) is 16.9 Å². The van der Waals surface area contributed by atoms with E-state index in [1.54, 1.807) is 18.2 Å². The van der Waals surface area contributed by atoms with Gasteiger partial charge in [-0.3, -0.25) is 9.78 Å². The third kappa shape index (κ3) is 4.21. The summed E-state index contributed by atoms with van der Waals surface area (Å²) in [4.78, 5) is 17.1. The number of nitrogens with zero attached hydrogens (tertiary/aromatic N) is 1. The highest BCUT2D eigenvalue weighted by atomic mass is 19.1. The van der Waals surface area contributed by atoms with Gasteiger partial charge in [-0.05, 0) is 79.5 Å². The van der Waals surface area contributed by atoms with Crippen LogP contribution in [0.3, 0.4) is 0 Å². The van der Waals surface area contributed by atoms with Gasteiger partial charge in [0.25, 0.3) is 0 Å². The molecule has 0 aliphatic heterocycles. The molecule has 4 heteroatoms. The van der Waals surface area contributed by atoms with Gasteiger partial charge in [0.15, 0.2) is 0 Å². The van der Waals surface area contributed by atoms with Crippen LogP contribution in [0.1, 0.15) is 37.2 Å². The third-order valence-electron chi connectivity index (χ3n) is 6.05. The Bertz CT molecular complexity index is 1010. The number of rotatable bonds is 5. The Kier molecular flexibility index (Phi) is 5.70. The van der Waals surface area contributed by atoms with Crippen molar-refractivity contribution in [1.82, 2.24) is 4.98 Å². The zero-order valence-corrected chi connectivity index (χ0v) is 16.4. The summed E-state index contributed by atoms with van der Waals surface area (Å²) < 4.78 is 13.8. The molecule has 3 nitrogen and oxygen atoms in total. The molecular formula is C25H25FN2O. The monoisotopic (exact) mass is 388 g/mol. The lowest BCUT2D eigenvalue weighted by atomic mass is 9.73. The first-order valence-corrected chi connectivity index (χ1v) is 10.2. The number of carbonyl (C=O) groups excluding carboxylic acids is 1. The summed E-state index contributed by atoms with van der Waals surface area (Å²) in [6, 6.07) is 16.3. The molecule has 3 aromatic rings. The summed E-state index contributed by atoms with van der Waals surface area (Å²) in [5.74, 6) is 0.206. The summed E-state index contributed by atoms with van der Waals surface area (Å²) >= 11 is 0. The van der Waals surface area contributed by atoms with Gasteiger partial charge in [-0.25, -0.2) is 4.39 Å². The van der Waals surface area contributed by atoms with E-state index in [4.69, 9.17) is 0 Å². The van der Waals surface area contributed by atoms with Crippen LogP contribution in [0.4, 0.5) is 10.1 Å². The molecule has 0 bridgehead atoms. The minimum atomic E-state index is -0.232. The molecule has 1 atom stereocenters. The van der Waals surface area contributed by atoms with Gasteiger partial charge in [0, 0.05) is 17.3 Å². The van der Waals surface area contributed by atoms with Gasteiger partial charge in [-0.15, -0.1) is 6.58 Å². The number of hydrogen-bond acceptors (Lipinski definition) is 2. The molecule has 1 saturated carbocycles. The van der Waals surface area contributed by atoms with Crippen LogP contribution in [0.25, 0.3) is 10.9 Å². The molecule has 148 valence electrons. The van der Waals surface area contributed by atoms with E-state index in [1.807, 2.05) is 42.6 Å². The number of amides is 1. The molecule has 1 unspecified atom stereocenters. The highest BCUT2D eigenvalue weighted by molar-refractivity contribution is 5.93. The van der Waals surface area contributed by atoms with Crippen LogP contribution in [0.5, 0.6) is 0 Å². The van der Waals surface area contributed by atoms with Gasteiger partial charge in [0.2, 0.25) is 5.91 Å². The maximum absolute atomic E-state index is 13.8. The molecule has 2 aromatic carbocycles. The predicted octanol–water partition coefficient (Wildman–Crippen LogP) is 6.09. The van der Waals surface area contributed by atoms with Gasteiger partial charge in [-0.1, -0.05) is 24.3 Å². The maximum Gasteiger partial charge on any atom is 0.231 e. The number of benzene rings is 2. The van der Waals surface area contributed by atoms with Crippen molar-refractivity contribution in [2.24, 2.45) is 11.8 Å². The zero-order chi connectivity index (χ0) is 20.2. The maximum atomic E-state index is 13.8. The van der Waals surface area contributed by atoms with Crippen molar-refractivity contribution in [1.29, 1.82) is 0 Å². The fraction of sp³-hybridized carbons (Fsp3) is 0.280. The zero-order valence-electron chi connectivity index (χ0n) is 16.4. The standard InChI is InChI=1S/C25H25FN2O/c1-2-21(25(29)28-20-6-4-3-5-7-20)17-8-10-18(11-9-17)22-14-15-27-24-13-12-19(26)16-23(22)24/h2-7,12-18,21H,1,8-11H2,(H,28,29). The smallest absolute Gasteiger partial charge is 0.231 e. The molecule has 0 radical (unpaired) electrons. The Balaban J connectivity index is 1.45. The average molecular weight is 388 g/mol. The number of para-hydroxylation sites is 1. The highest BCUT2D eigenvalue weighted by Crippen LogP contribution is 2.41. The fourth-order valence-corrected chi connectivity index (χ4v) is 4.55. The summed E-state index contributed by atoms with van der Waals surface area (Å²) in [6.45, 7) is 3.92. The van der Waals surface area contributed by atoms with E-state index in [0.29, 0.717) is 5.92 Å². The summed E-state index contributed by atoms with van der Waals surface area (Å²) in [5, 5.41) is 3.90. The molecule has 0 saturated heterocycles. The number of carbonyl (C=O) groups is 1. The molecule has 1 aliphatic carbocycles. The van der Waals surface area contributed by atoms with Crippen molar-refractivity contribution in [2.75, 3.05) is 5.32 Å². The molecule has 1 heterocycles. The lowest BCUT2D eigenvalue weighted by Crippen LogP contribution is -2.30. The van der Waals surface area contributed by atoms with Crippen LogP contribution >= 0.6 is 0 Å². The number of nitrogens with one attached hydrogen (secondary N) is 1.